The summed E-state index contributed by atoms with van der Waals surface area (Å²) >= 11 is 1.25. The van der Waals surface area contributed by atoms with Crippen LogP contribution < -0.4 is 10.7 Å². The summed E-state index contributed by atoms with van der Waals surface area (Å²) in [4.78, 5) is 30.1. The zero-order chi connectivity index (χ0) is 18.5. The van der Waals surface area contributed by atoms with E-state index in [-0.39, 0.29) is 11.1 Å². The third-order valence-electron chi connectivity index (χ3n) is 3.59. The fraction of sp³-hybridized carbons (Fsp3) is 0.0526. The van der Waals surface area contributed by atoms with Crippen LogP contribution in [0.4, 0.5) is 0 Å². The number of aromatic carboxylic acids is 1. The minimum absolute atomic E-state index is 0.0421. The third-order valence-corrected chi connectivity index (χ3v) is 4.54. The lowest BCUT2D eigenvalue weighted by Gasteiger charge is -2.08. The van der Waals surface area contributed by atoms with Crippen molar-refractivity contribution in [1.29, 1.82) is 5.26 Å². The number of carboxylic acid groups (broad SMARTS) is 1. The highest BCUT2D eigenvalue weighted by atomic mass is 32.2. The molecule has 3 aromatic rings. The van der Waals surface area contributed by atoms with Gasteiger partial charge in [-0.3, -0.25) is 4.79 Å². The van der Waals surface area contributed by atoms with Gasteiger partial charge in [-0.25, -0.2) is 4.98 Å². The third kappa shape index (κ3) is 3.82. The van der Waals surface area contributed by atoms with Gasteiger partial charge in [0.05, 0.1) is 11.7 Å². The van der Waals surface area contributed by atoms with Crippen LogP contribution in [0.5, 0.6) is 0 Å². The summed E-state index contributed by atoms with van der Waals surface area (Å²) in [7, 11) is 0. The molecular weight excluding hydrogens is 350 g/mol. The van der Waals surface area contributed by atoms with E-state index in [4.69, 9.17) is 0 Å². The summed E-state index contributed by atoms with van der Waals surface area (Å²) in [5.74, 6) is -0.836. The number of aromatic nitrogens is 2. The molecular formula is C19H12N3O3S-. The molecule has 0 aliphatic carbocycles. The quantitative estimate of drug-likeness (QED) is 0.549. The van der Waals surface area contributed by atoms with E-state index >= 15 is 0 Å². The lowest BCUT2D eigenvalue weighted by molar-refractivity contribution is -0.255. The first-order valence-electron chi connectivity index (χ1n) is 7.61. The van der Waals surface area contributed by atoms with Crippen molar-refractivity contribution in [2.75, 3.05) is 0 Å². The average molecular weight is 362 g/mol. The van der Waals surface area contributed by atoms with Gasteiger partial charge in [0.25, 0.3) is 5.56 Å². The number of carboxylic acids is 1. The minimum atomic E-state index is -1.24. The number of nitrogens with zero attached hydrogens (tertiary/aromatic N) is 2. The number of benzene rings is 2. The summed E-state index contributed by atoms with van der Waals surface area (Å²) in [6.45, 7) is 0. The molecule has 0 aliphatic rings. The molecule has 0 fully saturated rings. The highest BCUT2D eigenvalue weighted by Gasteiger charge is 2.13. The standard InChI is InChI=1S/C19H13N3O3S/c20-10-15-16(13-6-2-1-3-7-13)21-19(22-17(15)23)26-11-12-5-4-8-14(9-12)18(24)25/h1-9H,11H2,(H,24,25)(H,21,22,23)/p-1. The number of carbonyl (C=O) groups excluding carboxylic acids is 1. The Balaban J connectivity index is 1.91. The smallest absolute Gasteiger partial charge is 0.270 e. The second-order valence-electron chi connectivity index (χ2n) is 5.35. The number of nitrogens with one attached hydrogen (secondary N) is 1. The van der Waals surface area contributed by atoms with Gasteiger partial charge in [-0.15, -0.1) is 0 Å². The molecule has 3 rings (SSSR count). The van der Waals surface area contributed by atoms with Gasteiger partial charge in [-0.2, -0.15) is 5.26 Å². The molecule has 0 saturated carbocycles. The molecule has 1 heterocycles. The Hall–Kier alpha value is -3.37. The number of thioether (sulfide) groups is 1. The molecule has 1 aromatic heterocycles. The SMILES string of the molecule is N#Cc1c(-c2ccccc2)nc(SCc2cccc(C(=O)[O-])c2)[nH]c1=O. The molecule has 0 saturated heterocycles. The summed E-state index contributed by atoms with van der Waals surface area (Å²) in [5.41, 5.74) is 1.30. The van der Waals surface area contributed by atoms with Crippen LogP contribution in [0, 0.1) is 11.3 Å². The van der Waals surface area contributed by atoms with Gasteiger partial charge >= 0.3 is 0 Å². The van der Waals surface area contributed by atoms with E-state index in [0.717, 1.165) is 5.56 Å². The molecule has 6 nitrogen and oxygen atoms in total. The molecule has 2 aromatic carbocycles. The van der Waals surface area contributed by atoms with E-state index in [0.29, 0.717) is 22.2 Å². The number of hydrogen-bond donors (Lipinski definition) is 1. The van der Waals surface area contributed by atoms with E-state index < -0.39 is 11.5 Å². The highest BCUT2D eigenvalue weighted by molar-refractivity contribution is 7.98. The van der Waals surface area contributed by atoms with Crippen LogP contribution in [-0.4, -0.2) is 15.9 Å². The lowest BCUT2D eigenvalue weighted by atomic mass is 10.1. The maximum Gasteiger partial charge on any atom is 0.270 e. The van der Waals surface area contributed by atoms with E-state index in [1.807, 2.05) is 12.1 Å². The van der Waals surface area contributed by atoms with E-state index in [1.54, 1.807) is 36.4 Å². The zero-order valence-electron chi connectivity index (χ0n) is 13.4. The molecule has 0 amide bonds. The number of nitriles is 1. The number of rotatable bonds is 5. The van der Waals surface area contributed by atoms with Gasteiger partial charge < -0.3 is 14.9 Å². The first kappa shape index (κ1) is 17.5. The monoisotopic (exact) mass is 362 g/mol. The fourth-order valence-corrected chi connectivity index (χ4v) is 3.17. The summed E-state index contributed by atoms with van der Waals surface area (Å²) in [6.07, 6.45) is 0. The van der Waals surface area contributed by atoms with Crippen molar-refractivity contribution < 1.29 is 9.90 Å². The molecule has 0 aliphatic heterocycles. The van der Waals surface area contributed by atoms with Gasteiger partial charge in [-0.05, 0) is 17.2 Å². The van der Waals surface area contributed by atoms with Gasteiger partial charge in [-0.1, -0.05) is 60.3 Å². The highest BCUT2D eigenvalue weighted by Crippen LogP contribution is 2.24. The minimum Gasteiger partial charge on any atom is -0.545 e. The Kier molecular flexibility index (Phi) is 5.15. The van der Waals surface area contributed by atoms with Crippen LogP contribution in [0.15, 0.2) is 64.5 Å². The normalized spacial score (nSPS) is 10.3. The Morgan fingerprint density at radius 3 is 2.65 bits per heavy atom. The maximum absolute atomic E-state index is 12.2. The predicted molar refractivity (Wildman–Crippen MR) is 95.3 cm³/mol. The Bertz CT molecular complexity index is 1060. The largest absolute Gasteiger partial charge is 0.545 e. The van der Waals surface area contributed by atoms with Crippen molar-refractivity contribution >= 4 is 17.7 Å². The molecule has 0 bridgehead atoms. The van der Waals surface area contributed by atoms with Crippen LogP contribution in [-0.2, 0) is 5.75 Å². The fourth-order valence-electron chi connectivity index (χ4n) is 2.37. The average Bonchev–Trinajstić information content (AvgIpc) is 2.67. The van der Waals surface area contributed by atoms with Gasteiger partial charge in [0.2, 0.25) is 0 Å². The van der Waals surface area contributed by atoms with Crippen molar-refractivity contribution in [1.82, 2.24) is 9.97 Å². The predicted octanol–water partition coefficient (Wildman–Crippen LogP) is 1.96. The summed E-state index contributed by atoms with van der Waals surface area (Å²) in [6, 6.07) is 17.3. The van der Waals surface area contributed by atoms with Gasteiger partial charge in [0, 0.05) is 11.3 Å². The van der Waals surface area contributed by atoms with Crippen LogP contribution in [0.1, 0.15) is 21.5 Å². The zero-order valence-corrected chi connectivity index (χ0v) is 14.2. The second-order valence-corrected chi connectivity index (χ2v) is 6.31. The Morgan fingerprint density at radius 1 is 1.19 bits per heavy atom. The van der Waals surface area contributed by atoms with Crippen LogP contribution in [0.3, 0.4) is 0 Å². The summed E-state index contributed by atoms with van der Waals surface area (Å²) in [5, 5.41) is 20.6. The molecule has 0 spiro atoms. The van der Waals surface area contributed by atoms with Gasteiger partial charge in [0.1, 0.15) is 11.6 Å². The molecule has 7 heteroatoms. The van der Waals surface area contributed by atoms with Gasteiger partial charge in [0.15, 0.2) is 5.16 Å². The lowest BCUT2D eigenvalue weighted by Crippen LogP contribution is -2.22. The molecule has 0 radical (unpaired) electrons. The van der Waals surface area contributed by atoms with Crippen LogP contribution in [0.25, 0.3) is 11.3 Å². The number of hydrogen-bond acceptors (Lipinski definition) is 6. The van der Waals surface area contributed by atoms with Crippen molar-refractivity contribution in [2.24, 2.45) is 0 Å². The topological polar surface area (TPSA) is 110 Å². The van der Waals surface area contributed by atoms with Crippen molar-refractivity contribution in [3.63, 3.8) is 0 Å². The molecule has 1 N–H and O–H groups in total. The van der Waals surface area contributed by atoms with E-state index in [9.17, 15) is 20.0 Å². The first-order valence-corrected chi connectivity index (χ1v) is 8.60. The Labute approximate surface area is 153 Å². The van der Waals surface area contributed by atoms with Crippen molar-refractivity contribution in [2.45, 2.75) is 10.9 Å². The number of aromatic amines is 1. The van der Waals surface area contributed by atoms with Crippen LogP contribution >= 0.6 is 11.8 Å². The summed E-state index contributed by atoms with van der Waals surface area (Å²) < 4.78 is 0. The molecule has 0 atom stereocenters. The van der Waals surface area contributed by atoms with Crippen LogP contribution in [0.2, 0.25) is 0 Å². The van der Waals surface area contributed by atoms with E-state index in [1.165, 1.54) is 23.9 Å². The number of H-pyrrole nitrogens is 1. The Morgan fingerprint density at radius 2 is 1.96 bits per heavy atom. The molecule has 26 heavy (non-hydrogen) atoms. The maximum atomic E-state index is 12.2. The number of carbonyl (C=O) groups is 1. The van der Waals surface area contributed by atoms with E-state index in [2.05, 4.69) is 9.97 Å². The molecule has 128 valence electrons. The molecule has 0 unspecified atom stereocenters. The van der Waals surface area contributed by atoms with Crippen molar-refractivity contribution in [3.8, 4) is 17.3 Å². The first-order chi connectivity index (χ1) is 12.6. The van der Waals surface area contributed by atoms with Crippen molar-refractivity contribution in [3.05, 3.63) is 81.6 Å². The second kappa shape index (κ2) is 7.68.